The Morgan fingerprint density at radius 3 is 2.79 bits per heavy atom. The number of hydrogen-bond acceptors (Lipinski definition) is 7. The van der Waals surface area contributed by atoms with E-state index in [0.29, 0.717) is 17.4 Å². The Labute approximate surface area is 161 Å². The Kier molecular flexibility index (Phi) is 3.88. The summed E-state index contributed by atoms with van der Waals surface area (Å²) in [6.07, 6.45) is 3.93. The molecule has 9 nitrogen and oxygen atoms in total. The molecule has 144 valence electrons. The predicted molar refractivity (Wildman–Crippen MR) is 102 cm³/mol. The molecule has 1 amide bonds. The number of anilines is 1. The van der Waals surface area contributed by atoms with Gasteiger partial charge in [0.1, 0.15) is 11.4 Å². The fourth-order valence-electron chi connectivity index (χ4n) is 3.52. The Balaban J connectivity index is 1.30. The van der Waals surface area contributed by atoms with Gasteiger partial charge in [-0.1, -0.05) is 0 Å². The lowest BCUT2D eigenvalue weighted by atomic mass is 10.1. The second-order valence-corrected chi connectivity index (χ2v) is 7.33. The SMILES string of the molecule is COc1ncccc1C(=O)N(C)C1CN(c2ccc3nnc(C4CC4)n3n2)C1. The minimum absolute atomic E-state index is 0.0900. The fraction of sp³-hybridized carbons (Fsp3) is 0.421. The molecule has 0 unspecified atom stereocenters. The van der Waals surface area contributed by atoms with E-state index in [1.165, 1.54) is 7.11 Å². The number of methoxy groups -OCH3 is 1. The lowest BCUT2D eigenvalue weighted by molar-refractivity contribution is 0.0700. The number of likely N-dealkylation sites (N-methyl/N-ethyl adjacent to an activating group) is 1. The Hall–Kier alpha value is -3.23. The van der Waals surface area contributed by atoms with Crippen LogP contribution in [0.2, 0.25) is 0 Å². The average molecular weight is 379 g/mol. The van der Waals surface area contributed by atoms with Gasteiger partial charge in [0.15, 0.2) is 11.5 Å². The van der Waals surface area contributed by atoms with E-state index in [-0.39, 0.29) is 11.9 Å². The van der Waals surface area contributed by atoms with Crippen molar-refractivity contribution < 1.29 is 9.53 Å². The smallest absolute Gasteiger partial charge is 0.259 e. The van der Waals surface area contributed by atoms with E-state index in [1.807, 2.05) is 23.7 Å². The molecule has 1 saturated carbocycles. The van der Waals surface area contributed by atoms with Gasteiger partial charge in [0.2, 0.25) is 5.88 Å². The van der Waals surface area contributed by atoms with Gasteiger partial charge in [0.25, 0.3) is 5.91 Å². The highest BCUT2D eigenvalue weighted by atomic mass is 16.5. The standard InChI is InChI=1S/C19H21N7O2/c1-24(19(27)14-4-3-9-20-18(14)28-2)13-10-25(11-13)16-8-7-15-21-22-17(12-5-6-12)26(15)23-16/h3-4,7-9,12-13H,5-6,10-11H2,1-2H3. The summed E-state index contributed by atoms with van der Waals surface area (Å²) < 4.78 is 7.07. The molecule has 0 radical (unpaired) electrons. The first-order chi connectivity index (χ1) is 13.7. The normalized spacial score (nSPS) is 16.9. The Morgan fingerprint density at radius 2 is 2.04 bits per heavy atom. The van der Waals surface area contributed by atoms with Crippen LogP contribution in [0, 0.1) is 0 Å². The van der Waals surface area contributed by atoms with Crippen LogP contribution in [0.25, 0.3) is 5.65 Å². The number of hydrogen-bond donors (Lipinski definition) is 0. The lowest BCUT2D eigenvalue weighted by Crippen LogP contribution is -2.60. The summed E-state index contributed by atoms with van der Waals surface area (Å²) in [6.45, 7) is 1.45. The van der Waals surface area contributed by atoms with Crippen LogP contribution in [0.4, 0.5) is 5.82 Å². The van der Waals surface area contributed by atoms with Crippen molar-refractivity contribution in [1.29, 1.82) is 0 Å². The molecular weight excluding hydrogens is 358 g/mol. The molecule has 1 aliphatic carbocycles. The van der Waals surface area contributed by atoms with E-state index >= 15 is 0 Å². The number of carbonyl (C=O) groups is 1. The van der Waals surface area contributed by atoms with Crippen LogP contribution in [0.1, 0.15) is 34.9 Å². The topological polar surface area (TPSA) is 88.8 Å². The molecule has 0 N–H and O–H groups in total. The highest BCUT2D eigenvalue weighted by Gasteiger charge is 2.35. The maximum atomic E-state index is 12.8. The number of fused-ring (bicyclic) bond motifs is 1. The summed E-state index contributed by atoms with van der Waals surface area (Å²) in [6, 6.07) is 7.50. The van der Waals surface area contributed by atoms with Gasteiger partial charge in [-0.3, -0.25) is 4.79 Å². The summed E-state index contributed by atoms with van der Waals surface area (Å²) >= 11 is 0. The minimum atomic E-state index is -0.0900. The second-order valence-electron chi connectivity index (χ2n) is 7.33. The van der Waals surface area contributed by atoms with Gasteiger partial charge in [0.05, 0.1) is 13.2 Å². The molecule has 3 aromatic rings. The maximum Gasteiger partial charge on any atom is 0.259 e. The number of carbonyl (C=O) groups excluding carboxylic acids is 1. The molecule has 0 atom stereocenters. The van der Waals surface area contributed by atoms with Crippen LogP contribution in [-0.4, -0.2) is 68.9 Å². The summed E-state index contributed by atoms with van der Waals surface area (Å²) in [7, 11) is 3.34. The van der Waals surface area contributed by atoms with Gasteiger partial charge in [0, 0.05) is 32.3 Å². The van der Waals surface area contributed by atoms with E-state index in [4.69, 9.17) is 9.84 Å². The first-order valence-electron chi connectivity index (χ1n) is 9.39. The summed E-state index contributed by atoms with van der Waals surface area (Å²) in [5.74, 6) is 2.57. The third kappa shape index (κ3) is 2.74. The van der Waals surface area contributed by atoms with Crippen molar-refractivity contribution in [2.24, 2.45) is 0 Å². The fourth-order valence-corrected chi connectivity index (χ4v) is 3.52. The molecule has 0 bridgehead atoms. The maximum absolute atomic E-state index is 12.8. The molecule has 1 aliphatic heterocycles. The van der Waals surface area contributed by atoms with Crippen molar-refractivity contribution in [2.45, 2.75) is 24.8 Å². The minimum Gasteiger partial charge on any atom is -0.480 e. The van der Waals surface area contributed by atoms with Gasteiger partial charge in [-0.05, 0) is 37.1 Å². The van der Waals surface area contributed by atoms with Crippen molar-refractivity contribution in [2.75, 3.05) is 32.1 Å². The van der Waals surface area contributed by atoms with Crippen LogP contribution in [0.3, 0.4) is 0 Å². The molecule has 28 heavy (non-hydrogen) atoms. The molecule has 1 saturated heterocycles. The van der Waals surface area contributed by atoms with Crippen molar-refractivity contribution in [3.63, 3.8) is 0 Å². The predicted octanol–water partition coefficient (Wildman–Crippen LogP) is 1.37. The Morgan fingerprint density at radius 1 is 1.21 bits per heavy atom. The highest BCUT2D eigenvalue weighted by molar-refractivity contribution is 5.96. The molecule has 4 heterocycles. The number of pyridine rings is 1. The molecular formula is C19H21N7O2. The van der Waals surface area contributed by atoms with E-state index in [1.54, 1.807) is 23.2 Å². The average Bonchev–Trinajstić information content (AvgIpc) is 3.45. The van der Waals surface area contributed by atoms with Crippen molar-refractivity contribution in [1.82, 2.24) is 29.7 Å². The van der Waals surface area contributed by atoms with Gasteiger partial charge in [-0.2, -0.15) is 4.52 Å². The first kappa shape index (κ1) is 16.9. The molecule has 9 heteroatoms. The van der Waals surface area contributed by atoms with Crippen LogP contribution < -0.4 is 9.64 Å². The Bertz CT molecular complexity index is 1040. The van der Waals surface area contributed by atoms with E-state index in [9.17, 15) is 4.79 Å². The second kappa shape index (κ2) is 6.43. The third-order valence-electron chi connectivity index (χ3n) is 5.46. The highest BCUT2D eigenvalue weighted by Crippen LogP contribution is 2.38. The number of nitrogens with zero attached hydrogens (tertiary/aromatic N) is 7. The molecule has 3 aromatic heterocycles. The van der Waals surface area contributed by atoms with E-state index in [2.05, 4.69) is 20.1 Å². The van der Waals surface area contributed by atoms with Gasteiger partial charge >= 0.3 is 0 Å². The van der Waals surface area contributed by atoms with Crippen LogP contribution >= 0.6 is 0 Å². The number of rotatable bonds is 5. The van der Waals surface area contributed by atoms with Gasteiger partial charge in [-0.15, -0.1) is 15.3 Å². The van der Waals surface area contributed by atoms with Gasteiger partial charge < -0.3 is 14.5 Å². The quantitative estimate of drug-likeness (QED) is 0.661. The zero-order chi connectivity index (χ0) is 19.3. The van der Waals surface area contributed by atoms with Crippen molar-refractivity contribution >= 4 is 17.4 Å². The molecule has 2 aliphatic rings. The molecule has 0 spiro atoms. The molecule has 0 aromatic carbocycles. The molecule has 2 fully saturated rings. The monoisotopic (exact) mass is 379 g/mol. The first-order valence-corrected chi connectivity index (χ1v) is 9.39. The third-order valence-corrected chi connectivity index (χ3v) is 5.46. The number of aromatic nitrogens is 5. The van der Waals surface area contributed by atoms with Gasteiger partial charge in [-0.25, -0.2) is 4.98 Å². The van der Waals surface area contributed by atoms with Crippen LogP contribution in [0.15, 0.2) is 30.5 Å². The summed E-state index contributed by atoms with van der Waals surface area (Å²) in [5.41, 5.74) is 1.25. The lowest BCUT2D eigenvalue weighted by Gasteiger charge is -2.44. The summed E-state index contributed by atoms with van der Waals surface area (Å²) in [4.78, 5) is 20.8. The largest absolute Gasteiger partial charge is 0.480 e. The van der Waals surface area contributed by atoms with Crippen molar-refractivity contribution in [3.05, 3.63) is 41.9 Å². The van der Waals surface area contributed by atoms with Crippen LogP contribution in [-0.2, 0) is 0 Å². The zero-order valence-electron chi connectivity index (χ0n) is 15.8. The molecule has 5 rings (SSSR count). The zero-order valence-corrected chi connectivity index (χ0v) is 15.8. The van der Waals surface area contributed by atoms with E-state index in [0.717, 1.165) is 43.2 Å². The number of amides is 1. The summed E-state index contributed by atoms with van der Waals surface area (Å²) in [5, 5.41) is 13.2. The van der Waals surface area contributed by atoms with Crippen molar-refractivity contribution in [3.8, 4) is 5.88 Å². The van der Waals surface area contributed by atoms with Crippen LogP contribution in [0.5, 0.6) is 5.88 Å². The number of ether oxygens (including phenoxy) is 1. The van der Waals surface area contributed by atoms with E-state index < -0.39 is 0 Å².